The number of allylic oxidation sites excluding steroid dienone is 3. The predicted octanol–water partition coefficient (Wildman–Crippen LogP) is 6.09. The van der Waals surface area contributed by atoms with Crippen LogP contribution in [0.3, 0.4) is 0 Å². The van der Waals surface area contributed by atoms with E-state index >= 15 is 0 Å². The largest absolute Gasteiger partial charge is 0.317 e. The van der Waals surface area contributed by atoms with Crippen LogP contribution in [0.25, 0.3) is 10.4 Å². The number of benzene rings is 1. The number of hydrogen-bond acceptors (Lipinski definition) is 4. The highest BCUT2D eigenvalue weighted by Gasteiger charge is 2.20. The quantitative estimate of drug-likeness (QED) is 0.331. The summed E-state index contributed by atoms with van der Waals surface area (Å²) in [5.41, 5.74) is 1.20. The first kappa shape index (κ1) is 20.7. The van der Waals surface area contributed by atoms with Crippen LogP contribution in [0.4, 0.5) is 8.78 Å². The minimum Gasteiger partial charge on any atom is -0.317 e. The van der Waals surface area contributed by atoms with Gasteiger partial charge in [-0.2, -0.15) is 0 Å². The summed E-state index contributed by atoms with van der Waals surface area (Å²) in [6.07, 6.45) is 1.61. The molecular formula is C20H18ClF2NO3S. The minimum atomic E-state index is -0.751. The number of nitrogens with one attached hydrogen (secondary N) is 1. The van der Waals surface area contributed by atoms with E-state index < -0.39 is 17.6 Å². The molecule has 2 aromatic rings. The highest BCUT2D eigenvalue weighted by molar-refractivity contribution is 7.17. The monoisotopic (exact) mass is 425 g/mol. The van der Waals surface area contributed by atoms with Crippen molar-refractivity contribution in [1.29, 1.82) is 0 Å². The molecule has 0 atom stereocenters. The summed E-state index contributed by atoms with van der Waals surface area (Å²) >= 11 is 7.48. The Morgan fingerprint density at radius 2 is 2.07 bits per heavy atom. The van der Waals surface area contributed by atoms with Crippen molar-refractivity contribution in [1.82, 2.24) is 5.32 Å². The van der Waals surface area contributed by atoms with E-state index in [2.05, 4.69) is 5.32 Å². The summed E-state index contributed by atoms with van der Waals surface area (Å²) in [4.78, 5) is 23.4. The first-order valence-electron chi connectivity index (χ1n) is 8.68. The van der Waals surface area contributed by atoms with Gasteiger partial charge >= 0.3 is 0 Å². The summed E-state index contributed by atoms with van der Waals surface area (Å²) in [6, 6.07) is 8.74. The third-order valence-corrected chi connectivity index (χ3v) is 5.44. The van der Waals surface area contributed by atoms with Gasteiger partial charge < -0.3 is 5.32 Å². The van der Waals surface area contributed by atoms with Crippen molar-refractivity contribution in [2.24, 2.45) is 0 Å². The molecule has 148 valence electrons. The SMILES string of the molecule is CCOOCc1ccc(Cl)c(-c2ccc(C(=O)NC3=C(F)CCC=C3F)s2)c1. The molecule has 1 aliphatic rings. The van der Waals surface area contributed by atoms with Crippen molar-refractivity contribution in [2.75, 3.05) is 6.61 Å². The summed E-state index contributed by atoms with van der Waals surface area (Å²) in [5, 5.41) is 2.84. The van der Waals surface area contributed by atoms with Crippen LogP contribution in [0.5, 0.6) is 0 Å². The Labute approximate surface area is 170 Å². The van der Waals surface area contributed by atoms with Gasteiger partial charge in [0.15, 0.2) is 0 Å². The molecule has 1 heterocycles. The molecule has 0 bridgehead atoms. The van der Waals surface area contributed by atoms with Crippen LogP contribution in [0.15, 0.2) is 53.8 Å². The molecule has 1 aliphatic carbocycles. The van der Waals surface area contributed by atoms with Gasteiger partial charge in [-0.3, -0.25) is 4.79 Å². The van der Waals surface area contributed by atoms with Crippen molar-refractivity contribution in [2.45, 2.75) is 26.4 Å². The fourth-order valence-corrected chi connectivity index (χ4v) is 3.84. The summed E-state index contributed by atoms with van der Waals surface area (Å²) in [7, 11) is 0. The number of rotatable bonds is 7. The molecule has 0 spiro atoms. The predicted molar refractivity (Wildman–Crippen MR) is 105 cm³/mol. The lowest BCUT2D eigenvalue weighted by molar-refractivity contribution is -0.300. The van der Waals surface area contributed by atoms with Crippen LogP contribution >= 0.6 is 22.9 Å². The van der Waals surface area contributed by atoms with E-state index in [1.807, 2.05) is 19.1 Å². The molecule has 0 radical (unpaired) electrons. The number of carbonyl (C=O) groups is 1. The normalized spacial score (nSPS) is 14.2. The van der Waals surface area contributed by atoms with Gasteiger partial charge in [0.1, 0.15) is 24.0 Å². The standard InChI is InChI=1S/C20H18ClF2NO3S/c1-2-26-27-11-12-6-7-14(21)13(10-12)17-8-9-18(28-17)20(25)24-19-15(22)4-3-5-16(19)23/h4,6-10H,2-3,5,11H2,1H3,(H,24,25). The Kier molecular flexibility index (Phi) is 6.96. The van der Waals surface area contributed by atoms with E-state index in [0.717, 1.165) is 16.0 Å². The Balaban J connectivity index is 1.77. The van der Waals surface area contributed by atoms with Gasteiger partial charge in [-0.25, -0.2) is 18.6 Å². The second kappa shape index (κ2) is 9.43. The molecule has 4 nitrogen and oxygen atoms in total. The maximum absolute atomic E-state index is 13.8. The Hall–Kier alpha value is -2.06. The van der Waals surface area contributed by atoms with Crippen LogP contribution in [-0.2, 0) is 16.4 Å². The van der Waals surface area contributed by atoms with Gasteiger partial charge in [-0.15, -0.1) is 11.3 Å². The van der Waals surface area contributed by atoms with Crippen LogP contribution in [0.1, 0.15) is 35.0 Å². The molecule has 1 aromatic carbocycles. The van der Waals surface area contributed by atoms with Gasteiger partial charge in [-0.1, -0.05) is 17.7 Å². The molecule has 0 unspecified atom stereocenters. The van der Waals surface area contributed by atoms with E-state index in [0.29, 0.717) is 16.5 Å². The zero-order valence-corrected chi connectivity index (χ0v) is 16.6. The lowest BCUT2D eigenvalue weighted by atomic mass is 10.1. The van der Waals surface area contributed by atoms with Crippen LogP contribution in [-0.4, -0.2) is 12.5 Å². The molecule has 28 heavy (non-hydrogen) atoms. The van der Waals surface area contributed by atoms with Crippen molar-refractivity contribution in [3.8, 4) is 10.4 Å². The molecule has 1 aromatic heterocycles. The molecule has 0 saturated heterocycles. The number of halogens is 3. The molecule has 3 rings (SSSR count). The number of hydrogen-bond donors (Lipinski definition) is 1. The number of carbonyl (C=O) groups excluding carboxylic acids is 1. The van der Waals surface area contributed by atoms with Crippen LogP contribution in [0.2, 0.25) is 5.02 Å². The average molecular weight is 426 g/mol. The van der Waals surface area contributed by atoms with E-state index in [9.17, 15) is 13.6 Å². The molecular weight excluding hydrogens is 408 g/mol. The first-order valence-corrected chi connectivity index (χ1v) is 9.88. The Bertz CT molecular complexity index is 939. The highest BCUT2D eigenvalue weighted by Crippen LogP contribution is 2.35. The number of amides is 1. The van der Waals surface area contributed by atoms with Crippen molar-refractivity contribution >= 4 is 28.8 Å². The highest BCUT2D eigenvalue weighted by atomic mass is 35.5. The zero-order valence-electron chi connectivity index (χ0n) is 15.1. The van der Waals surface area contributed by atoms with Crippen molar-refractivity contribution < 1.29 is 23.4 Å². The minimum absolute atomic E-state index is 0.0743. The maximum atomic E-state index is 13.8. The Morgan fingerprint density at radius 1 is 1.25 bits per heavy atom. The van der Waals surface area contributed by atoms with E-state index in [4.69, 9.17) is 21.4 Å². The summed E-state index contributed by atoms with van der Waals surface area (Å²) in [6.45, 7) is 2.52. The fourth-order valence-electron chi connectivity index (χ4n) is 2.63. The first-order chi connectivity index (χ1) is 13.5. The third kappa shape index (κ3) is 4.86. The van der Waals surface area contributed by atoms with Crippen molar-refractivity contribution in [3.63, 3.8) is 0 Å². The average Bonchev–Trinajstić information content (AvgIpc) is 3.16. The topological polar surface area (TPSA) is 47.6 Å². The second-order valence-electron chi connectivity index (χ2n) is 5.97. The van der Waals surface area contributed by atoms with E-state index in [1.54, 1.807) is 18.2 Å². The maximum Gasteiger partial charge on any atom is 0.265 e. The third-order valence-electron chi connectivity index (χ3n) is 3.99. The number of thiophene rings is 1. The van der Waals surface area contributed by atoms with E-state index in [1.165, 1.54) is 17.4 Å². The summed E-state index contributed by atoms with van der Waals surface area (Å²) in [5.74, 6) is -1.98. The van der Waals surface area contributed by atoms with Gasteiger partial charge in [-0.05, 0) is 49.2 Å². The molecule has 0 saturated carbocycles. The van der Waals surface area contributed by atoms with Gasteiger partial charge in [0, 0.05) is 21.9 Å². The molecule has 0 aliphatic heterocycles. The Morgan fingerprint density at radius 3 is 2.82 bits per heavy atom. The molecule has 1 amide bonds. The fraction of sp³-hybridized carbons (Fsp3) is 0.250. The molecule has 8 heteroatoms. The summed E-state index contributed by atoms with van der Waals surface area (Å²) < 4.78 is 27.6. The lowest BCUT2D eigenvalue weighted by Crippen LogP contribution is -2.24. The van der Waals surface area contributed by atoms with Gasteiger partial charge in [0.2, 0.25) is 0 Å². The van der Waals surface area contributed by atoms with Crippen LogP contribution < -0.4 is 5.32 Å². The second-order valence-corrected chi connectivity index (χ2v) is 7.46. The van der Waals surface area contributed by atoms with Gasteiger partial charge in [0.05, 0.1) is 11.5 Å². The van der Waals surface area contributed by atoms with Crippen LogP contribution in [0, 0.1) is 0 Å². The lowest BCUT2D eigenvalue weighted by Gasteiger charge is -2.12. The van der Waals surface area contributed by atoms with E-state index in [-0.39, 0.29) is 25.1 Å². The van der Waals surface area contributed by atoms with Crippen molar-refractivity contribution in [3.05, 3.63) is 69.2 Å². The smallest absolute Gasteiger partial charge is 0.265 e. The van der Waals surface area contributed by atoms with Gasteiger partial charge in [0.25, 0.3) is 5.91 Å². The zero-order chi connectivity index (χ0) is 20.1. The molecule has 0 fully saturated rings. The molecule has 1 N–H and O–H groups in total.